The molecule has 1 saturated carbocycles. The van der Waals surface area contributed by atoms with Crippen molar-refractivity contribution in [3.05, 3.63) is 0 Å². The normalized spacial score (nSPS) is 36.2. The number of aliphatic hydroxyl groups is 1. The summed E-state index contributed by atoms with van der Waals surface area (Å²) in [7, 11) is 0. The fourth-order valence-corrected chi connectivity index (χ4v) is 3.39. The first-order chi connectivity index (χ1) is 7.61. The van der Waals surface area contributed by atoms with Crippen LogP contribution < -0.4 is 0 Å². The van der Waals surface area contributed by atoms with E-state index in [-0.39, 0.29) is 5.60 Å². The quantitative estimate of drug-likeness (QED) is 0.781. The van der Waals surface area contributed by atoms with Crippen LogP contribution >= 0.6 is 0 Å². The Bertz CT molecular complexity index is 223. The van der Waals surface area contributed by atoms with Crippen molar-refractivity contribution >= 4 is 0 Å². The monoisotopic (exact) mass is 225 g/mol. The van der Waals surface area contributed by atoms with Crippen LogP contribution in [0.5, 0.6) is 0 Å². The first-order valence-electron chi connectivity index (χ1n) is 7.07. The van der Waals surface area contributed by atoms with E-state index in [0.29, 0.717) is 6.04 Å². The summed E-state index contributed by atoms with van der Waals surface area (Å²) in [6, 6.07) is 0.653. The fraction of sp³-hybridized carbons (Fsp3) is 1.00. The van der Waals surface area contributed by atoms with Crippen molar-refractivity contribution in [2.75, 3.05) is 13.1 Å². The second-order valence-corrected chi connectivity index (χ2v) is 6.12. The van der Waals surface area contributed by atoms with Crippen LogP contribution in [0.3, 0.4) is 0 Å². The van der Waals surface area contributed by atoms with E-state index < -0.39 is 0 Å². The van der Waals surface area contributed by atoms with Crippen molar-refractivity contribution in [3.8, 4) is 0 Å². The van der Waals surface area contributed by atoms with Gasteiger partial charge in [0.2, 0.25) is 0 Å². The van der Waals surface area contributed by atoms with Gasteiger partial charge in [0.25, 0.3) is 0 Å². The third-order valence-corrected chi connectivity index (χ3v) is 4.79. The molecule has 0 amide bonds. The Labute approximate surface area is 100 Å². The maximum atomic E-state index is 10.6. The number of rotatable bonds is 2. The molecule has 0 radical (unpaired) electrons. The largest absolute Gasteiger partial charge is 0.389 e. The highest BCUT2D eigenvalue weighted by Crippen LogP contribution is 2.31. The highest BCUT2D eigenvalue weighted by Gasteiger charge is 2.34. The lowest BCUT2D eigenvalue weighted by Crippen LogP contribution is -2.51. The molecule has 1 N–H and O–H groups in total. The summed E-state index contributed by atoms with van der Waals surface area (Å²) in [5, 5.41) is 10.6. The Hall–Kier alpha value is -0.0800. The number of hydrogen-bond donors (Lipinski definition) is 1. The smallest absolute Gasteiger partial charge is 0.0774 e. The summed E-state index contributed by atoms with van der Waals surface area (Å²) in [6.07, 6.45) is 8.45. The molecular weight excluding hydrogens is 198 g/mol. The van der Waals surface area contributed by atoms with E-state index in [2.05, 4.69) is 18.7 Å². The average molecular weight is 225 g/mol. The molecule has 1 heterocycles. The van der Waals surface area contributed by atoms with Gasteiger partial charge in [-0.25, -0.2) is 0 Å². The third kappa shape index (κ3) is 2.78. The number of β-amino-alcohol motifs (C(OH)–C–C–N with tert-alkyl or cyclic N) is 1. The lowest BCUT2D eigenvalue weighted by Gasteiger charge is -2.43. The molecule has 1 aliphatic heterocycles. The Morgan fingerprint density at radius 2 is 1.81 bits per heavy atom. The van der Waals surface area contributed by atoms with Gasteiger partial charge in [0.1, 0.15) is 0 Å². The highest BCUT2D eigenvalue weighted by molar-refractivity contribution is 4.89. The molecule has 1 saturated heterocycles. The second-order valence-electron chi connectivity index (χ2n) is 6.12. The van der Waals surface area contributed by atoms with Crippen LogP contribution in [0.4, 0.5) is 0 Å². The maximum absolute atomic E-state index is 10.6. The zero-order valence-corrected chi connectivity index (χ0v) is 10.9. The predicted molar refractivity (Wildman–Crippen MR) is 67.5 cm³/mol. The van der Waals surface area contributed by atoms with Gasteiger partial charge in [-0.15, -0.1) is 0 Å². The zero-order valence-electron chi connectivity index (χ0n) is 10.9. The van der Waals surface area contributed by atoms with E-state index in [1.54, 1.807) is 0 Å². The van der Waals surface area contributed by atoms with E-state index >= 15 is 0 Å². The molecule has 2 nitrogen and oxygen atoms in total. The minimum Gasteiger partial charge on any atom is -0.389 e. The van der Waals surface area contributed by atoms with Gasteiger partial charge >= 0.3 is 0 Å². The summed E-state index contributed by atoms with van der Waals surface area (Å²) in [5.41, 5.74) is -0.371. The average Bonchev–Trinajstić information content (AvgIpc) is 2.26. The zero-order chi connectivity index (χ0) is 11.6. The summed E-state index contributed by atoms with van der Waals surface area (Å²) < 4.78 is 0. The molecule has 0 aromatic rings. The van der Waals surface area contributed by atoms with Gasteiger partial charge in [0.15, 0.2) is 0 Å². The first-order valence-corrected chi connectivity index (χ1v) is 7.07. The molecule has 0 spiro atoms. The van der Waals surface area contributed by atoms with Crippen LogP contribution in [0.15, 0.2) is 0 Å². The van der Waals surface area contributed by atoms with Crippen LogP contribution in [0.25, 0.3) is 0 Å². The van der Waals surface area contributed by atoms with E-state index in [1.807, 2.05) is 0 Å². The topological polar surface area (TPSA) is 23.5 Å². The van der Waals surface area contributed by atoms with Gasteiger partial charge < -0.3 is 5.11 Å². The fourth-order valence-electron chi connectivity index (χ4n) is 3.39. The second kappa shape index (κ2) is 5.05. The summed E-state index contributed by atoms with van der Waals surface area (Å²) in [6.45, 7) is 6.78. The lowest BCUT2D eigenvalue weighted by atomic mass is 9.83. The molecule has 1 aliphatic carbocycles. The molecule has 2 aliphatic rings. The Kier molecular flexibility index (Phi) is 3.91. The van der Waals surface area contributed by atoms with Crippen molar-refractivity contribution in [1.29, 1.82) is 0 Å². The molecular formula is C14H27NO. The SMILES string of the molecule is CC1CCCN(CC2(O)CCCCC2)C1C. The molecule has 2 atom stereocenters. The minimum atomic E-state index is -0.371. The van der Waals surface area contributed by atoms with Gasteiger partial charge in [0, 0.05) is 12.6 Å². The molecule has 0 aromatic carbocycles. The molecule has 94 valence electrons. The minimum absolute atomic E-state index is 0.371. The van der Waals surface area contributed by atoms with Crippen molar-refractivity contribution < 1.29 is 5.11 Å². The summed E-state index contributed by atoms with van der Waals surface area (Å²) in [5.74, 6) is 0.793. The van der Waals surface area contributed by atoms with Crippen LogP contribution in [0.1, 0.15) is 58.8 Å². The molecule has 2 heteroatoms. The van der Waals surface area contributed by atoms with Gasteiger partial charge in [-0.05, 0) is 45.1 Å². The van der Waals surface area contributed by atoms with Crippen LogP contribution in [-0.2, 0) is 0 Å². The highest BCUT2D eigenvalue weighted by atomic mass is 16.3. The van der Waals surface area contributed by atoms with E-state index in [0.717, 1.165) is 25.3 Å². The molecule has 16 heavy (non-hydrogen) atoms. The van der Waals surface area contributed by atoms with E-state index in [9.17, 15) is 5.11 Å². The molecule has 2 fully saturated rings. The summed E-state index contributed by atoms with van der Waals surface area (Å²) in [4.78, 5) is 2.53. The van der Waals surface area contributed by atoms with E-state index in [4.69, 9.17) is 0 Å². The van der Waals surface area contributed by atoms with Gasteiger partial charge in [-0.2, -0.15) is 0 Å². The van der Waals surface area contributed by atoms with Crippen molar-refractivity contribution in [2.24, 2.45) is 5.92 Å². The van der Waals surface area contributed by atoms with Crippen molar-refractivity contribution in [1.82, 2.24) is 4.90 Å². The number of piperidine rings is 1. The van der Waals surface area contributed by atoms with E-state index in [1.165, 1.54) is 38.6 Å². The summed E-state index contributed by atoms with van der Waals surface area (Å²) >= 11 is 0. The van der Waals surface area contributed by atoms with Crippen LogP contribution in [-0.4, -0.2) is 34.7 Å². The molecule has 2 unspecified atom stereocenters. The van der Waals surface area contributed by atoms with Crippen molar-refractivity contribution in [3.63, 3.8) is 0 Å². The third-order valence-electron chi connectivity index (χ3n) is 4.79. The number of nitrogens with zero attached hydrogens (tertiary/aromatic N) is 1. The molecule has 0 bridgehead atoms. The van der Waals surface area contributed by atoms with Crippen molar-refractivity contribution in [2.45, 2.75) is 70.4 Å². The Balaban J connectivity index is 1.92. The Morgan fingerprint density at radius 3 is 2.50 bits per heavy atom. The molecule has 0 aromatic heterocycles. The lowest BCUT2D eigenvalue weighted by molar-refractivity contribution is -0.0467. The van der Waals surface area contributed by atoms with Gasteiger partial charge in [-0.3, -0.25) is 4.90 Å². The molecule has 2 rings (SSSR count). The standard InChI is InChI=1S/C14H27NO/c1-12-7-6-10-15(13(12)2)11-14(16)8-4-3-5-9-14/h12-13,16H,3-11H2,1-2H3. The number of hydrogen-bond acceptors (Lipinski definition) is 2. The predicted octanol–water partition coefficient (Wildman–Crippen LogP) is 2.80. The van der Waals surface area contributed by atoms with Crippen LogP contribution in [0, 0.1) is 5.92 Å². The van der Waals surface area contributed by atoms with Gasteiger partial charge in [-0.1, -0.05) is 26.2 Å². The maximum Gasteiger partial charge on any atom is 0.0774 e. The van der Waals surface area contributed by atoms with Crippen LogP contribution in [0.2, 0.25) is 0 Å². The number of likely N-dealkylation sites (tertiary alicyclic amines) is 1. The first kappa shape index (κ1) is 12.4. The van der Waals surface area contributed by atoms with Gasteiger partial charge in [0.05, 0.1) is 5.60 Å². The Morgan fingerprint density at radius 1 is 1.12 bits per heavy atom.